The first kappa shape index (κ1) is 23.4. The number of H-pyrrole nitrogens is 1. The number of nitrogens with one attached hydrogen (secondary N) is 3. The van der Waals surface area contributed by atoms with Crippen molar-refractivity contribution in [1.29, 1.82) is 0 Å². The molecule has 0 unspecified atom stereocenters. The molecular weight excluding hydrogens is 480 g/mol. The van der Waals surface area contributed by atoms with Gasteiger partial charge in [-0.2, -0.15) is 0 Å². The minimum Gasteiger partial charge on any atom is -0.497 e. The van der Waals surface area contributed by atoms with Crippen molar-refractivity contribution in [3.05, 3.63) is 72.6 Å². The molecule has 0 amide bonds. The number of nitrogens with zero attached hydrogens (tertiary/aromatic N) is 3. The fourth-order valence-corrected chi connectivity index (χ4v) is 4.58. The van der Waals surface area contributed by atoms with E-state index in [-0.39, 0.29) is 10.8 Å². The second-order valence-electron chi connectivity index (χ2n) is 8.40. The Morgan fingerprint density at radius 1 is 0.944 bits per heavy atom. The highest BCUT2D eigenvalue weighted by molar-refractivity contribution is 7.92. The number of hydrogen-bond acceptors (Lipinski definition) is 8. The van der Waals surface area contributed by atoms with Gasteiger partial charge in [0.25, 0.3) is 10.0 Å². The van der Waals surface area contributed by atoms with Gasteiger partial charge in [0, 0.05) is 22.9 Å². The summed E-state index contributed by atoms with van der Waals surface area (Å²) in [7, 11) is -2.23. The van der Waals surface area contributed by atoms with E-state index < -0.39 is 10.0 Å². The number of fused-ring (bicyclic) bond motifs is 1. The monoisotopic (exact) mass is 504 g/mol. The summed E-state index contributed by atoms with van der Waals surface area (Å²) in [5.41, 5.74) is 3.14. The number of benzene rings is 3. The van der Waals surface area contributed by atoms with E-state index in [1.807, 2.05) is 38.1 Å². The zero-order valence-corrected chi connectivity index (χ0v) is 20.6. The SMILES string of the molecule is COc1ccc(Nc2nc3cc(S(=O)(=O)Nc4ccc(-c5nnc(C(C)C)o5)cc4)ccc3[nH]2)cc1. The van der Waals surface area contributed by atoms with Crippen LogP contribution >= 0.6 is 0 Å². The van der Waals surface area contributed by atoms with Gasteiger partial charge >= 0.3 is 0 Å². The van der Waals surface area contributed by atoms with Gasteiger partial charge in [0.2, 0.25) is 17.7 Å². The van der Waals surface area contributed by atoms with E-state index in [1.165, 1.54) is 12.1 Å². The summed E-state index contributed by atoms with van der Waals surface area (Å²) >= 11 is 0. The van der Waals surface area contributed by atoms with Crippen LogP contribution in [0.5, 0.6) is 5.75 Å². The Kier molecular flexibility index (Phi) is 6.06. The lowest BCUT2D eigenvalue weighted by molar-refractivity contribution is 0.415. The molecule has 5 aromatic rings. The lowest BCUT2D eigenvalue weighted by atomic mass is 10.2. The van der Waals surface area contributed by atoms with Crippen LogP contribution in [0.25, 0.3) is 22.5 Å². The molecule has 0 bridgehead atoms. The fourth-order valence-electron chi connectivity index (χ4n) is 3.50. The van der Waals surface area contributed by atoms with Crippen molar-refractivity contribution < 1.29 is 17.6 Å². The molecule has 0 saturated heterocycles. The van der Waals surface area contributed by atoms with Crippen molar-refractivity contribution in [2.75, 3.05) is 17.1 Å². The molecule has 2 aromatic heterocycles. The zero-order chi connectivity index (χ0) is 25.3. The molecule has 0 saturated carbocycles. The molecule has 0 aliphatic heterocycles. The molecule has 184 valence electrons. The van der Waals surface area contributed by atoms with Crippen LogP contribution in [0.3, 0.4) is 0 Å². The minimum absolute atomic E-state index is 0.0973. The summed E-state index contributed by atoms with van der Waals surface area (Å²) in [6.45, 7) is 3.93. The second-order valence-corrected chi connectivity index (χ2v) is 10.1. The first-order chi connectivity index (χ1) is 17.3. The van der Waals surface area contributed by atoms with Crippen molar-refractivity contribution in [2.24, 2.45) is 0 Å². The normalized spacial score (nSPS) is 11.7. The van der Waals surface area contributed by atoms with Crippen LogP contribution < -0.4 is 14.8 Å². The summed E-state index contributed by atoms with van der Waals surface area (Å²) < 4.78 is 39.5. The summed E-state index contributed by atoms with van der Waals surface area (Å²) in [6.07, 6.45) is 0. The Morgan fingerprint density at radius 3 is 2.33 bits per heavy atom. The Balaban J connectivity index is 1.32. The second kappa shape index (κ2) is 9.34. The Hall–Kier alpha value is -4.38. The quantitative estimate of drug-likeness (QED) is 0.259. The Morgan fingerprint density at radius 2 is 1.67 bits per heavy atom. The molecule has 3 N–H and O–H groups in total. The van der Waals surface area contributed by atoms with Crippen LogP contribution in [0.15, 0.2) is 76.0 Å². The van der Waals surface area contributed by atoms with Crippen molar-refractivity contribution in [1.82, 2.24) is 20.2 Å². The maximum Gasteiger partial charge on any atom is 0.261 e. The number of ether oxygens (including phenoxy) is 1. The highest BCUT2D eigenvalue weighted by Gasteiger charge is 2.17. The van der Waals surface area contributed by atoms with Crippen LogP contribution in [-0.4, -0.2) is 35.7 Å². The van der Waals surface area contributed by atoms with Gasteiger partial charge in [-0.05, 0) is 66.7 Å². The summed E-state index contributed by atoms with van der Waals surface area (Å²) in [4.78, 5) is 7.72. The number of rotatable bonds is 8. The van der Waals surface area contributed by atoms with Crippen LogP contribution in [0, 0.1) is 0 Å². The maximum atomic E-state index is 13.0. The van der Waals surface area contributed by atoms with E-state index >= 15 is 0 Å². The molecular formula is C25H24N6O4S. The van der Waals surface area contributed by atoms with Gasteiger partial charge in [-0.1, -0.05) is 13.8 Å². The zero-order valence-electron chi connectivity index (χ0n) is 19.8. The van der Waals surface area contributed by atoms with Crippen LogP contribution in [0.4, 0.5) is 17.3 Å². The standard InChI is InChI=1S/C25H24N6O4S/c1-15(2)23-29-30-24(35-23)16-4-6-18(7-5-16)31-36(32,33)20-12-13-21-22(14-20)28-25(27-21)26-17-8-10-19(34-3)11-9-17/h4-15,31H,1-3H3,(H2,26,27,28). The van der Waals surface area contributed by atoms with Crippen molar-refractivity contribution in [3.63, 3.8) is 0 Å². The average molecular weight is 505 g/mol. The van der Waals surface area contributed by atoms with E-state index in [4.69, 9.17) is 9.15 Å². The number of sulfonamides is 1. The topological polar surface area (TPSA) is 135 Å². The first-order valence-corrected chi connectivity index (χ1v) is 12.7. The molecule has 0 fully saturated rings. The van der Waals surface area contributed by atoms with Crippen LogP contribution in [-0.2, 0) is 10.0 Å². The van der Waals surface area contributed by atoms with Gasteiger partial charge in [-0.3, -0.25) is 4.72 Å². The summed E-state index contributed by atoms with van der Waals surface area (Å²) in [6, 6.07) is 18.9. The molecule has 10 nitrogen and oxygen atoms in total. The lowest BCUT2D eigenvalue weighted by Crippen LogP contribution is -2.12. The number of aromatic nitrogens is 4. The molecule has 11 heteroatoms. The van der Waals surface area contributed by atoms with Crippen LogP contribution in [0.2, 0.25) is 0 Å². The molecule has 0 atom stereocenters. The number of aromatic amines is 1. The first-order valence-electron chi connectivity index (χ1n) is 11.2. The third-order valence-electron chi connectivity index (χ3n) is 5.44. The summed E-state index contributed by atoms with van der Waals surface area (Å²) in [5.74, 6) is 2.30. The predicted molar refractivity (Wildman–Crippen MR) is 137 cm³/mol. The number of anilines is 3. The number of methoxy groups -OCH3 is 1. The van der Waals surface area contributed by atoms with Gasteiger partial charge in [-0.25, -0.2) is 13.4 Å². The van der Waals surface area contributed by atoms with Crippen LogP contribution in [0.1, 0.15) is 25.7 Å². The highest BCUT2D eigenvalue weighted by atomic mass is 32.2. The highest BCUT2D eigenvalue weighted by Crippen LogP contribution is 2.26. The third-order valence-corrected chi connectivity index (χ3v) is 6.82. The molecule has 3 aromatic carbocycles. The van der Waals surface area contributed by atoms with Gasteiger partial charge < -0.3 is 19.5 Å². The maximum absolute atomic E-state index is 13.0. The Bertz CT molecular complexity index is 1610. The number of hydrogen-bond donors (Lipinski definition) is 3. The van der Waals surface area contributed by atoms with E-state index in [9.17, 15) is 8.42 Å². The molecule has 0 spiro atoms. The van der Waals surface area contributed by atoms with E-state index in [0.29, 0.717) is 40.0 Å². The average Bonchev–Trinajstić information content (AvgIpc) is 3.51. The van der Waals surface area contributed by atoms with Gasteiger partial charge in [0.1, 0.15) is 5.75 Å². The van der Waals surface area contributed by atoms with Crippen molar-refractivity contribution in [3.8, 4) is 17.2 Å². The van der Waals surface area contributed by atoms with Gasteiger partial charge in [0.15, 0.2) is 0 Å². The molecule has 2 heterocycles. The van der Waals surface area contributed by atoms with Gasteiger partial charge in [-0.15, -0.1) is 10.2 Å². The molecule has 5 rings (SSSR count). The Labute approximate surface area is 207 Å². The van der Waals surface area contributed by atoms with E-state index in [1.54, 1.807) is 37.4 Å². The molecule has 0 aliphatic carbocycles. The lowest BCUT2D eigenvalue weighted by Gasteiger charge is -2.08. The third kappa shape index (κ3) is 4.86. The summed E-state index contributed by atoms with van der Waals surface area (Å²) in [5, 5.41) is 11.2. The molecule has 0 radical (unpaired) electrons. The smallest absolute Gasteiger partial charge is 0.261 e. The van der Waals surface area contributed by atoms with Gasteiger partial charge in [0.05, 0.1) is 23.0 Å². The number of imidazole rings is 1. The minimum atomic E-state index is -3.84. The van der Waals surface area contributed by atoms with Crippen molar-refractivity contribution in [2.45, 2.75) is 24.7 Å². The molecule has 36 heavy (non-hydrogen) atoms. The molecule has 0 aliphatic rings. The van der Waals surface area contributed by atoms with Crippen molar-refractivity contribution >= 4 is 38.4 Å². The largest absolute Gasteiger partial charge is 0.497 e. The van der Waals surface area contributed by atoms with E-state index in [0.717, 1.165) is 11.4 Å². The fraction of sp³-hybridized carbons (Fsp3) is 0.160. The predicted octanol–water partition coefficient (Wildman–Crippen LogP) is 5.29. The van der Waals surface area contributed by atoms with E-state index in [2.05, 4.69) is 30.2 Å².